The number of benzene rings is 1. The highest BCUT2D eigenvalue weighted by atomic mass is 35.5. The molecule has 1 aromatic carbocycles. The number of carbonyl (C=O) groups is 1. The molecule has 9 nitrogen and oxygen atoms in total. The predicted molar refractivity (Wildman–Crippen MR) is 142 cm³/mol. The second kappa shape index (κ2) is 14.1. The van der Waals surface area contributed by atoms with Gasteiger partial charge in [-0.2, -0.15) is 0 Å². The monoisotopic (exact) mass is 555 g/mol. The van der Waals surface area contributed by atoms with Crippen LogP contribution in [-0.4, -0.2) is 48.7 Å². The highest BCUT2D eigenvalue weighted by molar-refractivity contribution is 7.93. The highest BCUT2D eigenvalue weighted by Crippen LogP contribution is 2.41. The molecule has 37 heavy (non-hydrogen) atoms. The van der Waals surface area contributed by atoms with Crippen LogP contribution in [0.3, 0.4) is 0 Å². The van der Waals surface area contributed by atoms with Crippen molar-refractivity contribution in [1.82, 2.24) is 15.8 Å². The molecule has 0 aliphatic heterocycles. The molecule has 3 N–H and O–H groups in total. The van der Waals surface area contributed by atoms with Crippen molar-refractivity contribution in [3.8, 4) is 5.75 Å². The van der Waals surface area contributed by atoms with Crippen molar-refractivity contribution >= 4 is 28.2 Å². The number of nitrogens with one attached hydrogen (secondary N) is 2. The van der Waals surface area contributed by atoms with Gasteiger partial charge in [0.1, 0.15) is 5.75 Å². The van der Waals surface area contributed by atoms with Gasteiger partial charge in [0.25, 0.3) is 5.91 Å². The smallest absolute Gasteiger partial charge is 0.280 e. The molecule has 206 valence electrons. The zero-order valence-corrected chi connectivity index (χ0v) is 23.2. The fourth-order valence-corrected chi connectivity index (χ4v) is 6.79. The number of rotatable bonds is 12. The number of halogens is 1. The maximum absolute atomic E-state index is 14.2. The van der Waals surface area contributed by atoms with Crippen molar-refractivity contribution in [2.24, 2.45) is 11.8 Å². The van der Waals surface area contributed by atoms with E-state index in [0.29, 0.717) is 50.6 Å². The van der Waals surface area contributed by atoms with Gasteiger partial charge in [-0.1, -0.05) is 13.8 Å². The standard InChI is InChI=1S/C26H37N3O6S.ClH/c1-4-34-22-9-11-24(12-10-22)36(32,33)26(25(30)29-31,28-17-20-13-15-27-16-14-20)21-5-7-23(8-6-21)35-18-19(2)3;/h9-16,19,21,23,28,31H,4-8,17-18H2,1-3H3,(H,29,30);1H/t21-,23-,26-;/m1./s1. The van der Waals surface area contributed by atoms with Gasteiger partial charge >= 0.3 is 0 Å². The van der Waals surface area contributed by atoms with Crippen molar-refractivity contribution in [2.45, 2.75) is 68.9 Å². The molecular weight excluding hydrogens is 518 g/mol. The normalized spacial score (nSPS) is 19.5. The lowest BCUT2D eigenvalue weighted by molar-refractivity contribution is -0.135. The molecule has 3 rings (SSSR count). The van der Waals surface area contributed by atoms with Gasteiger partial charge in [-0.25, -0.2) is 13.9 Å². The van der Waals surface area contributed by atoms with Crippen LogP contribution in [0.25, 0.3) is 0 Å². The number of carbonyl (C=O) groups excluding carboxylic acids is 1. The minimum Gasteiger partial charge on any atom is -0.494 e. The summed E-state index contributed by atoms with van der Waals surface area (Å²) in [7, 11) is -4.31. The molecule has 0 saturated heterocycles. The number of pyridine rings is 1. The lowest BCUT2D eigenvalue weighted by Crippen LogP contribution is -2.66. The molecule has 1 heterocycles. The molecule has 0 bridgehead atoms. The average Bonchev–Trinajstić information content (AvgIpc) is 2.89. The van der Waals surface area contributed by atoms with Gasteiger partial charge in [0.2, 0.25) is 14.7 Å². The Balaban J connectivity index is 0.00000481. The van der Waals surface area contributed by atoms with Crippen LogP contribution < -0.4 is 15.5 Å². The van der Waals surface area contributed by atoms with E-state index in [1.165, 1.54) is 12.1 Å². The Morgan fingerprint density at radius 3 is 2.27 bits per heavy atom. The van der Waals surface area contributed by atoms with Crippen LogP contribution in [0.15, 0.2) is 53.7 Å². The minimum absolute atomic E-state index is 0. The first-order valence-corrected chi connectivity index (χ1v) is 13.9. The Hall–Kier alpha value is -2.24. The van der Waals surface area contributed by atoms with Crippen molar-refractivity contribution in [3.63, 3.8) is 0 Å². The molecular formula is C26H38ClN3O6S. The Labute approximate surface area is 225 Å². The number of sulfone groups is 1. The van der Waals surface area contributed by atoms with Crippen LogP contribution in [0.5, 0.6) is 5.75 Å². The fourth-order valence-electron chi connectivity index (χ4n) is 4.70. The first-order valence-electron chi connectivity index (χ1n) is 12.4. The average molecular weight is 556 g/mol. The Bertz CT molecular complexity index is 1080. The van der Waals surface area contributed by atoms with Crippen LogP contribution in [0.4, 0.5) is 0 Å². The third-order valence-electron chi connectivity index (χ3n) is 6.53. The Morgan fingerprint density at radius 1 is 1.11 bits per heavy atom. The molecule has 2 aromatic rings. The van der Waals surface area contributed by atoms with Crippen LogP contribution in [0, 0.1) is 11.8 Å². The molecule has 1 amide bonds. The topological polar surface area (TPSA) is 127 Å². The number of amides is 1. The number of aromatic nitrogens is 1. The van der Waals surface area contributed by atoms with Gasteiger partial charge in [-0.15, -0.1) is 12.4 Å². The summed E-state index contributed by atoms with van der Waals surface area (Å²) in [5.41, 5.74) is 2.41. The van der Waals surface area contributed by atoms with Gasteiger partial charge in [-0.05, 0) is 80.5 Å². The second-order valence-corrected chi connectivity index (χ2v) is 11.6. The number of ether oxygens (including phenoxy) is 2. The van der Waals surface area contributed by atoms with E-state index >= 15 is 0 Å². The molecule has 1 atom stereocenters. The fraction of sp³-hybridized carbons (Fsp3) is 0.538. The van der Waals surface area contributed by atoms with Crippen molar-refractivity contribution < 1.29 is 27.9 Å². The zero-order valence-electron chi connectivity index (χ0n) is 21.6. The molecule has 0 unspecified atom stereocenters. The van der Waals surface area contributed by atoms with Crippen molar-refractivity contribution in [3.05, 3.63) is 54.4 Å². The lowest BCUT2D eigenvalue weighted by Gasteiger charge is -2.42. The number of nitrogens with zero attached hydrogens (tertiary/aromatic N) is 1. The highest BCUT2D eigenvalue weighted by Gasteiger charge is 2.57. The van der Waals surface area contributed by atoms with Crippen LogP contribution in [0.1, 0.15) is 52.0 Å². The third-order valence-corrected chi connectivity index (χ3v) is 8.93. The van der Waals surface area contributed by atoms with E-state index in [4.69, 9.17) is 9.47 Å². The van der Waals surface area contributed by atoms with Gasteiger partial charge in [0.15, 0.2) is 0 Å². The van der Waals surface area contributed by atoms with Crippen LogP contribution in [-0.2, 0) is 25.9 Å². The summed E-state index contributed by atoms with van der Waals surface area (Å²) < 4.78 is 39.9. The number of hydrogen-bond acceptors (Lipinski definition) is 8. The van der Waals surface area contributed by atoms with E-state index in [1.807, 2.05) is 6.92 Å². The first-order chi connectivity index (χ1) is 17.2. The minimum atomic E-state index is -4.31. The third kappa shape index (κ3) is 7.20. The summed E-state index contributed by atoms with van der Waals surface area (Å²) in [6.07, 6.45) is 5.32. The molecule has 1 saturated carbocycles. The zero-order chi connectivity index (χ0) is 26.2. The first kappa shape index (κ1) is 31.0. The molecule has 1 aromatic heterocycles. The van der Waals surface area contributed by atoms with E-state index in [9.17, 15) is 18.4 Å². The quantitative estimate of drug-likeness (QED) is 0.266. The summed E-state index contributed by atoms with van der Waals surface area (Å²) >= 11 is 0. The second-order valence-electron chi connectivity index (χ2n) is 9.49. The van der Waals surface area contributed by atoms with Crippen molar-refractivity contribution in [2.75, 3.05) is 13.2 Å². The van der Waals surface area contributed by atoms with Crippen LogP contribution in [0.2, 0.25) is 0 Å². The molecule has 1 aliphatic rings. The summed E-state index contributed by atoms with van der Waals surface area (Å²) in [4.78, 5) is 15.2. The van der Waals surface area contributed by atoms with Gasteiger partial charge in [-0.3, -0.25) is 20.3 Å². The number of hydrogen-bond donors (Lipinski definition) is 3. The molecule has 1 fully saturated rings. The van der Waals surface area contributed by atoms with Crippen LogP contribution >= 0.6 is 12.4 Å². The summed E-state index contributed by atoms with van der Waals surface area (Å²) in [6.45, 7) is 7.16. The Morgan fingerprint density at radius 2 is 1.73 bits per heavy atom. The van der Waals surface area contributed by atoms with Gasteiger partial charge < -0.3 is 9.47 Å². The van der Waals surface area contributed by atoms with E-state index in [1.54, 1.807) is 42.1 Å². The molecule has 0 spiro atoms. The van der Waals surface area contributed by atoms with Gasteiger partial charge in [0, 0.05) is 31.5 Å². The van der Waals surface area contributed by atoms with E-state index in [2.05, 4.69) is 24.1 Å². The maximum atomic E-state index is 14.2. The van der Waals surface area contributed by atoms with E-state index < -0.39 is 26.5 Å². The van der Waals surface area contributed by atoms with E-state index in [-0.39, 0.29) is 30.0 Å². The van der Waals surface area contributed by atoms with E-state index in [0.717, 1.165) is 5.56 Å². The largest absolute Gasteiger partial charge is 0.494 e. The predicted octanol–water partition coefficient (Wildman–Crippen LogP) is 3.90. The summed E-state index contributed by atoms with van der Waals surface area (Å²) in [5.74, 6) is -0.677. The van der Waals surface area contributed by atoms with Gasteiger partial charge in [0.05, 0.1) is 17.6 Å². The summed E-state index contributed by atoms with van der Waals surface area (Å²) in [6, 6.07) is 9.50. The van der Waals surface area contributed by atoms with Crippen molar-refractivity contribution in [1.29, 1.82) is 0 Å². The summed E-state index contributed by atoms with van der Waals surface area (Å²) in [5, 5.41) is 12.8. The molecule has 11 heteroatoms. The number of hydroxylamine groups is 1. The molecule has 1 aliphatic carbocycles. The molecule has 0 radical (unpaired) electrons. The maximum Gasteiger partial charge on any atom is 0.280 e. The lowest BCUT2D eigenvalue weighted by atomic mass is 9.81. The SMILES string of the molecule is CCOc1ccc(S(=O)(=O)[C@@](NCc2ccncc2)(C(=O)NO)[C@H]2CC[C@H](OCC(C)C)CC2)cc1.Cl. The Kier molecular flexibility index (Phi) is 11.8.